The third-order valence-corrected chi connectivity index (χ3v) is 9.26. The van der Waals surface area contributed by atoms with Crippen LogP contribution in [0.3, 0.4) is 0 Å². The Kier molecular flexibility index (Phi) is 11.6. The molecule has 0 saturated carbocycles. The number of hydrogen-bond acceptors (Lipinski definition) is 8. The van der Waals surface area contributed by atoms with Crippen LogP contribution in [0.4, 0.5) is 10.5 Å². The van der Waals surface area contributed by atoms with E-state index in [9.17, 15) is 9.59 Å². The molecule has 3 aliphatic rings. The molecule has 7 rings (SSSR count). The Balaban J connectivity index is 1.04. The number of para-hydroxylation sites is 1. The average Bonchev–Trinajstić information content (AvgIpc) is 3.15. The number of methoxy groups -OCH3 is 2. The van der Waals surface area contributed by atoms with E-state index in [1.807, 2.05) is 91.0 Å². The van der Waals surface area contributed by atoms with Gasteiger partial charge in [-0.1, -0.05) is 66.7 Å². The minimum atomic E-state index is -0.405. The van der Waals surface area contributed by atoms with E-state index < -0.39 is 5.97 Å². The zero-order valence-electron chi connectivity index (χ0n) is 28.2. The summed E-state index contributed by atoms with van der Waals surface area (Å²) in [4.78, 5) is 30.5. The zero-order valence-corrected chi connectivity index (χ0v) is 28.2. The Hall–Kier alpha value is -4.70. The van der Waals surface area contributed by atoms with Gasteiger partial charge in [0.15, 0.2) is 6.29 Å². The van der Waals surface area contributed by atoms with Crippen LogP contribution in [-0.2, 0) is 45.1 Å². The number of anilines is 1. The maximum Gasteiger partial charge on any atom is 0.414 e. The molecule has 9 nitrogen and oxygen atoms in total. The summed E-state index contributed by atoms with van der Waals surface area (Å²) < 4.78 is 28.4. The molecule has 9 heteroatoms. The van der Waals surface area contributed by atoms with Crippen molar-refractivity contribution in [3.05, 3.63) is 131 Å². The molecule has 0 unspecified atom stereocenters. The maximum atomic E-state index is 13.6. The second-order valence-corrected chi connectivity index (χ2v) is 12.6. The van der Waals surface area contributed by atoms with E-state index in [4.69, 9.17) is 23.7 Å². The van der Waals surface area contributed by atoms with Gasteiger partial charge in [-0.2, -0.15) is 0 Å². The number of rotatable bonds is 14. The van der Waals surface area contributed by atoms with Crippen molar-refractivity contribution in [1.29, 1.82) is 0 Å². The number of carbonyl (C=O) groups is 2. The van der Waals surface area contributed by atoms with Crippen molar-refractivity contribution >= 4 is 17.7 Å². The Morgan fingerprint density at radius 3 is 2.20 bits per heavy atom. The predicted octanol–water partition coefficient (Wildman–Crippen LogP) is 7.02. The van der Waals surface area contributed by atoms with E-state index in [0.29, 0.717) is 30.2 Å². The molecular formula is C40H44N2O7. The molecule has 256 valence electrons. The number of fused-ring (bicyclic) bond motifs is 3. The number of benzene rings is 4. The molecule has 3 aliphatic heterocycles. The smallest absolute Gasteiger partial charge is 0.414 e. The summed E-state index contributed by atoms with van der Waals surface area (Å²) in [6, 6.07) is 32.4. The minimum Gasteiger partial charge on any atom is -0.489 e. The van der Waals surface area contributed by atoms with Crippen molar-refractivity contribution in [1.82, 2.24) is 4.90 Å². The number of nitrogens with zero attached hydrogens (tertiary/aromatic N) is 2. The molecule has 3 saturated heterocycles. The van der Waals surface area contributed by atoms with Crippen LogP contribution in [0, 0.1) is 5.92 Å². The highest BCUT2D eigenvalue weighted by molar-refractivity contribution is 5.89. The average molecular weight is 665 g/mol. The molecule has 0 aromatic heterocycles. The first-order chi connectivity index (χ1) is 24.0. The highest BCUT2D eigenvalue weighted by Crippen LogP contribution is 2.31. The largest absolute Gasteiger partial charge is 0.489 e. The van der Waals surface area contributed by atoms with E-state index in [-0.39, 0.29) is 31.7 Å². The first kappa shape index (κ1) is 34.2. The van der Waals surface area contributed by atoms with Crippen molar-refractivity contribution in [3.63, 3.8) is 0 Å². The van der Waals surface area contributed by atoms with Crippen LogP contribution in [0.15, 0.2) is 103 Å². The van der Waals surface area contributed by atoms with Crippen molar-refractivity contribution < 1.29 is 33.3 Å². The van der Waals surface area contributed by atoms with Gasteiger partial charge in [-0.25, -0.2) is 9.59 Å². The molecule has 0 N–H and O–H groups in total. The fourth-order valence-electron chi connectivity index (χ4n) is 6.44. The first-order valence-electron chi connectivity index (χ1n) is 16.8. The summed E-state index contributed by atoms with van der Waals surface area (Å²) in [5.74, 6) is 0.686. The van der Waals surface area contributed by atoms with Gasteiger partial charge in [0.1, 0.15) is 25.1 Å². The van der Waals surface area contributed by atoms with E-state index in [1.165, 1.54) is 0 Å². The SMILES string of the molecule is COC(Cc1ccc(COC(=O)c2cccc(COc3cccc(CN(C(=O)O[C@H]4CN5CCC4CC5)c4ccccc4)c3)c2)cc1)OC. The lowest BCUT2D eigenvalue weighted by molar-refractivity contribution is -0.100. The van der Waals surface area contributed by atoms with Crippen LogP contribution < -0.4 is 9.64 Å². The summed E-state index contributed by atoms with van der Waals surface area (Å²) >= 11 is 0. The van der Waals surface area contributed by atoms with E-state index in [1.54, 1.807) is 31.3 Å². The summed E-state index contributed by atoms with van der Waals surface area (Å²) in [7, 11) is 3.23. The van der Waals surface area contributed by atoms with Crippen LogP contribution >= 0.6 is 0 Å². The van der Waals surface area contributed by atoms with Gasteiger partial charge in [0.25, 0.3) is 0 Å². The molecular weight excluding hydrogens is 620 g/mol. The van der Waals surface area contributed by atoms with Crippen LogP contribution in [-0.4, -0.2) is 63.2 Å². The summed E-state index contributed by atoms with van der Waals surface area (Å²) in [6.45, 7) is 3.75. The number of ether oxygens (including phenoxy) is 5. The standard InChI is InChI=1S/C40H44N2O7/c1-45-38(46-2)24-29-14-16-30(17-15-29)27-48-39(43)34-10-6-9-32(22-34)28-47-36-13-7-8-31(23-36)25-42(35-11-4-3-5-12-35)40(44)49-37-26-41-20-18-33(37)19-21-41/h3-17,22-23,33,37-38H,18-21,24-28H2,1-2H3/t37-/m0/s1. The lowest BCUT2D eigenvalue weighted by atomic mass is 9.86. The molecule has 4 aromatic rings. The summed E-state index contributed by atoms with van der Waals surface area (Å²) in [6.07, 6.45) is 2.07. The van der Waals surface area contributed by atoms with Crippen LogP contribution in [0.2, 0.25) is 0 Å². The molecule has 4 aromatic carbocycles. The Bertz CT molecular complexity index is 1670. The fourth-order valence-corrected chi connectivity index (χ4v) is 6.44. The van der Waals surface area contributed by atoms with Crippen LogP contribution in [0.5, 0.6) is 5.75 Å². The van der Waals surface area contributed by atoms with Crippen molar-refractivity contribution in [2.45, 2.75) is 51.4 Å². The molecule has 3 fully saturated rings. The highest BCUT2D eigenvalue weighted by Gasteiger charge is 2.37. The summed E-state index contributed by atoms with van der Waals surface area (Å²) in [5, 5.41) is 0. The topological polar surface area (TPSA) is 86.8 Å². The molecule has 49 heavy (non-hydrogen) atoms. The first-order valence-corrected chi connectivity index (χ1v) is 16.8. The monoisotopic (exact) mass is 664 g/mol. The quantitative estimate of drug-likeness (QED) is 0.105. The van der Waals surface area contributed by atoms with E-state index in [2.05, 4.69) is 4.90 Å². The number of amides is 1. The Labute approximate surface area is 288 Å². The zero-order chi connectivity index (χ0) is 34.0. The van der Waals surface area contributed by atoms with Crippen molar-refractivity contribution in [2.75, 3.05) is 38.8 Å². The third-order valence-electron chi connectivity index (χ3n) is 9.26. The van der Waals surface area contributed by atoms with Gasteiger partial charge in [0, 0.05) is 32.9 Å². The van der Waals surface area contributed by atoms with E-state index in [0.717, 1.165) is 60.4 Å². The lowest BCUT2D eigenvalue weighted by Gasteiger charge is -2.44. The number of piperidine rings is 3. The number of carbonyl (C=O) groups excluding carboxylic acids is 2. The molecule has 1 atom stereocenters. The van der Waals surface area contributed by atoms with Crippen LogP contribution in [0.25, 0.3) is 0 Å². The molecule has 1 amide bonds. The van der Waals surface area contributed by atoms with Gasteiger partial charge in [-0.15, -0.1) is 0 Å². The third kappa shape index (κ3) is 9.26. The lowest BCUT2D eigenvalue weighted by Crippen LogP contribution is -2.53. The molecule has 0 radical (unpaired) electrons. The molecule has 2 bridgehead atoms. The van der Waals surface area contributed by atoms with Gasteiger partial charge in [-0.05, 0) is 90.5 Å². The normalized spacial score (nSPS) is 18.2. The highest BCUT2D eigenvalue weighted by atomic mass is 16.7. The van der Waals surface area contributed by atoms with Gasteiger partial charge in [0.05, 0.1) is 12.1 Å². The second-order valence-electron chi connectivity index (χ2n) is 12.6. The molecule has 3 heterocycles. The minimum absolute atomic E-state index is 0.0774. The van der Waals surface area contributed by atoms with E-state index >= 15 is 0 Å². The fraction of sp³-hybridized carbons (Fsp3) is 0.350. The van der Waals surface area contributed by atoms with Gasteiger partial charge >= 0.3 is 12.1 Å². The second kappa shape index (κ2) is 16.6. The molecule has 0 spiro atoms. The Morgan fingerprint density at radius 2 is 1.49 bits per heavy atom. The summed E-state index contributed by atoms with van der Waals surface area (Å²) in [5.41, 5.74) is 4.94. The number of hydrogen-bond donors (Lipinski definition) is 0. The van der Waals surface area contributed by atoms with Crippen molar-refractivity contribution in [3.8, 4) is 5.75 Å². The van der Waals surface area contributed by atoms with Gasteiger partial charge < -0.3 is 23.7 Å². The number of esters is 1. The van der Waals surface area contributed by atoms with Crippen LogP contribution in [0.1, 0.15) is 45.5 Å². The molecule has 0 aliphatic carbocycles. The predicted molar refractivity (Wildman–Crippen MR) is 186 cm³/mol. The van der Waals surface area contributed by atoms with Gasteiger partial charge in [-0.3, -0.25) is 9.80 Å². The van der Waals surface area contributed by atoms with Gasteiger partial charge in [0.2, 0.25) is 0 Å². The Morgan fingerprint density at radius 1 is 0.776 bits per heavy atom. The van der Waals surface area contributed by atoms with Crippen molar-refractivity contribution in [2.24, 2.45) is 5.92 Å². The maximum absolute atomic E-state index is 13.6.